The zero-order valence-corrected chi connectivity index (χ0v) is 14.3. The smallest absolute Gasteiger partial charge is 0.312 e. The number of hydrogen-bond donors (Lipinski definition) is 3. The molecule has 0 aliphatic carbocycles. The molecule has 0 fully saturated rings. The highest BCUT2D eigenvalue weighted by molar-refractivity contribution is 5.86. The molecule has 0 aliphatic heterocycles. The average Bonchev–Trinajstić information content (AvgIpc) is 2.43. The normalized spacial score (nSPS) is 11.9. The van der Waals surface area contributed by atoms with Crippen LogP contribution >= 0.6 is 0 Å². The van der Waals surface area contributed by atoms with Crippen LogP contribution in [0.5, 0.6) is 5.75 Å². The summed E-state index contributed by atoms with van der Waals surface area (Å²) in [6.07, 6.45) is 0.534. The molecule has 0 bridgehead atoms. The van der Waals surface area contributed by atoms with Gasteiger partial charge in [0.05, 0.1) is 6.54 Å². The molecule has 0 aliphatic rings. The molecule has 1 aromatic carbocycles. The van der Waals surface area contributed by atoms with Gasteiger partial charge in [-0.15, -0.1) is 0 Å². The number of amides is 3. The van der Waals surface area contributed by atoms with E-state index in [1.54, 1.807) is 0 Å². The van der Waals surface area contributed by atoms with Crippen LogP contribution in [-0.2, 0) is 4.79 Å². The van der Waals surface area contributed by atoms with Gasteiger partial charge in [0.15, 0.2) is 0 Å². The summed E-state index contributed by atoms with van der Waals surface area (Å²) in [5.74, 6) is 0.824. The summed E-state index contributed by atoms with van der Waals surface area (Å²) in [6.45, 7) is 8.69. The predicted octanol–water partition coefficient (Wildman–Crippen LogP) is 1.88. The Morgan fingerprint density at radius 3 is 2.52 bits per heavy atom. The summed E-state index contributed by atoms with van der Waals surface area (Å²) in [5.41, 5.74) is 7.35. The number of carbonyl (C=O) groups excluding carboxylic acids is 2. The van der Waals surface area contributed by atoms with Crippen LogP contribution in [0.1, 0.15) is 31.4 Å². The van der Waals surface area contributed by atoms with E-state index in [1.165, 1.54) is 5.56 Å². The first-order valence-corrected chi connectivity index (χ1v) is 7.83. The Hall–Kier alpha value is -2.24. The molecule has 0 saturated heterocycles. The van der Waals surface area contributed by atoms with Crippen molar-refractivity contribution in [3.05, 3.63) is 29.3 Å². The lowest BCUT2D eigenvalue weighted by atomic mass is 10.0. The lowest BCUT2D eigenvalue weighted by Crippen LogP contribution is -2.49. The molecule has 128 valence electrons. The molecule has 0 unspecified atom stereocenters. The van der Waals surface area contributed by atoms with Crippen molar-refractivity contribution in [1.82, 2.24) is 10.6 Å². The first kappa shape index (κ1) is 18.8. The summed E-state index contributed by atoms with van der Waals surface area (Å²) in [5, 5.41) is 5.23. The van der Waals surface area contributed by atoms with Crippen molar-refractivity contribution in [1.29, 1.82) is 0 Å². The van der Waals surface area contributed by atoms with Gasteiger partial charge in [-0.25, -0.2) is 4.79 Å². The third-order valence-electron chi connectivity index (χ3n) is 3.33. The maximum atomic E-state index is 12.1. The maximum Gasteiger partial charge on any atom is 0.312 e. The number of nitrogens with one attached hydrogen (secondary N) is 2. The fourth-order valence-electron chi connectivity index (χ4n) is 2.29. The van der Waals surface area contributed by atoms with Crippen LogP contribution in [0.3, 0.4) is 0 Å². The molecule has 23 heavy (non-hydrogen) atoms. The zero-order chi connectivity index (χ0) is 17.4. The van der Waals surface area contributed by atoms with Crippen molar-refractivity contribution >= 4 is 11.9 Å². The fourth-order valence-corrected chi connectivity index (χ4v) is 2.29. The second-order valence-electron chi connectivity index (χ2n) is 6.10. The number of primary amides is 1. The Labute approximate surface area is 137 Å². The number of carbonyl (C=O) groups is 2. The third kappa shape index (κ3) is 7.04. The van der Waals surface area contributed by atoms with Crippen LogP contribution < -0.4 is 21.1 Å². The van der Waals surface area contributed by atoms with Gasteiger partial charge in [-0.05, 0) is 37.8 Å². The van der Waals surface area contributed by atoms with Gasteiger partial charge in [0.25, 0.3) is 0 Å². The van der Waals surface area contributed by atoms with Crippen LogP contribution in [0.25, 0.3) is 0 Å². The number of urea groups is 1. The van der Waals surface area contributed by atoms with Crippen molar-refractivity contribution in [3.63, 3.8) is 0 Å². The number of nitrogens with two attached hydrogens (primary N) is 1. The quantitative estimate of drug-likeness (QED) is 0.638. The van der Waals surface area contributed by atoms with Crippen molar-refractivity contribution in [3.8, 4) is 5.75 Å². The van der Waals surface area contributed by atoms with Crippen LogP contribution in [0.15, 0.2) is 18.2 Å². The summed E-state index contributed by atoms with van der Waals surface area (Å²) in [7, 11) is 0. The van der Waals surface area contributed by atoms with E-state index in [2.05, 4.69) is 10.6 Å². The van der Waals surface area contributed by atoms with Gasteiger partial charge in [0.1, 0.15) is 18.4 Å². The molecule has 6 nitrogen and oxygen atoms in total. The molecule has 0 aromatic heterocycles. The predicted molar refractivity (Wildman–Crippen MR) is 90.4 cm³/mol. The Kier molecular flexibility index (Phi) is 7.38. The van der Waals surface area contributed by atoms with Crippen LogP contribution in [0.4, 0.5) is 4.79 Å². The van der Waals surface area contributed by atoms with E-state index in [0.717, 1.165) is 11.3 Å². The van der Waals surface area contributed by atoms with E-state index in [0.29, 0.717) is 19.6 Å². The molecule has 0 spiro atoms. The Bertz CT molecular complexity index is 544. The van der Waals surface area contributed by atoms with Crippen LogP contribution in [0.2, 0.25) is 0 Å². The van der Waals surface area contributed by atoms with E-state index < -0.39 is 12.1 Å². The van der Waals surface area contributed by atoms with Crippen LogP contribution in [-0.4, -0.2) is 31.1 Å². The van der Waals surface area contributed by atoms with Crippen molar-refractivity contribution in [2.75, 3.05) is 13.2 Å². The molecule has 3 amide bonds. The number of aryl methyl sites for hydroxylation is 2. The molecule has 0 radical (unpaired) electrons. The molecular weight excluding hydrogens is 294 g/mol. The highest BCUT2D eigenvalue weighted by Crippen LogP contribution is 2.18. The largest absolute Gasteiger partial charge is 0.491 e. The monoisotopic (exact) mass is 321 g/mol. The summed E-state index contributed by atoms with van der Waals surface area (Å²) in [6, 6.07) is 4.63. The van der Waals surface area contributed by atoms with E-state index in [4.69, 9.17) is 10.5 Å². The summed E-state index contributed by atoms with van der Waals surface area (Å²) in [4.78, 5) is 23.1. The standard InChI is InChI=1S/C17H27N3O3/c1-11(2)9-14(20-17(18)22)16(21)19-7-8-23-15-6-5-12(3)10-13(15)4/h5-6,10-11,14H,7-9H2,1-4H3,(H,19,21)(H3,18,20,22)/t14-/m1/s1. The Morgan fingerprint density at radius 1 is 1.26 bits per heavy atom. The Balaban J connectivity index is 2.43. The second kappa shape index (κ2) is 9.02. The molecule has 6 heteroatoms. The minimum absolute atomic E-state index is 0.248. The number of ether oxygens (including phenoxy) is 1. The van der Waals surface area contributed by atoms with Gasteiger partial charge in [0, 0.05) is 0 Å². The van der Waals surface area contributed by atoms with Gasteiger partial charge in [-0.1, -0.05) is 31.5 Å². The van der Waals surface area contributed by atoms with Gasteiger partial charge in [-0.2, -0.15) is 0 Å². The number of hydrogen-bond acceptors (Lipinski definition) is 3. The minimum atomic E-state index is -0.697. The molecule has 0 heterocycles. The lowest BCUT2D eigenvalue weighted by molar-refractivity contribution is -0.123. The minimum Gasteiger partial charge on any atom is -0.491 e. The molecular formula is C17H27N3O3. The van der Waals surface area contributed by atoms with E-state index >= 15 is 0 Å². The van der Waals surface area contributed by atoms with Crippen molar-refractivity contribution in [2.24, 2.45) is 11.7 Å². The van der Waals surface area contributed by atoms with Gasteiger partial charge in [0.2, 0.25) is 5.91 Å². The van der Waals surface area contributed by atoms with Gasteiger partial charge < -0.3 is 21.1 Å². The van der Waals surface area contributed by atoms with E-state index in [-0.39, 0.29) is 11.8 Å². The SMILES string of the molecule is Cc1ccc(OCCNC(=O)[C@@H](CC(C)C)NC(N)=O)c(C)c1. The van der Waals surface area contributed by atoms with E-state index in [9.17, 15) is 9.59 Å². The fraction of sp³-hybridized carbons (Fsp3) is 0.529. The van der Waals surface area contributed by atoms with Gasteiger partial charge in [-0.3, -0.25) is 4.79 Å². The first-order chi connectivity index (χ1) is 10.8. The molecule has 1 atom stereocenters. The molecule has 1 aromatic rings. The summed E-state index contributed by atoms with van der Waals surface area (Å²) >= 11 is 0. The lowest BCUT2D eigenvalue weighted by Gasteiger charge is -2.19. The first-order valence-electron chi connectivity index (χ1n) is 7.83. The number of rotatable bonds is 8. The highest BCUT2D eigenvalue weighted by Gasteiger charge is 2.20. The Morgan fingerprint density at radius 2 is 1.96 bits per heavy atom. The van der Waals surface area contributed by atoms with Crippen molar-refractivity contribution in [2.45, 2.75) is 40.2 Å². The van der Waals surface area contributed by atoms with E-state index in [1.807, 2.05) is 45.9 Å². The molecule has 0 saturated carbocycles. The molecule has 1 rings (SSSR count). The number of benzene rings is 1. The third-order valence-corrected chi connectivity index (χ3v) is 3.33. The second-order valence-corrected chi connectivity index (χ2v) is 6.10. The zero-order valence-electron chi connectivity index (χ0n) is 14.3. The maximum absolute atomic E-state index is 12.1. The highest BCUT2D eigenvalue weighted by atomic mass is 16.5. The summed E-state index contributed by atoms with van der Waals surface area (Å²) < 4.78 is 5.66. The topological polar surface area (TPSA) is 93.4 Å². The van der Waals surface area contributed by atoms with Crippen LogP contribution in [0, 0.1) is 19.8 Å². The van der Waals surface area contributed by atoms with Crippen molar-refractivity contribution < 1.29 is 14.3 Å². The molecule has 4 N–H and O–H groups in total. The average molecular weight is 321 g/mol. The van der Waals surface area contributed by atoms with Gasteiger partial charge >= 0.3 is 6.03 Å².